The molecule has 0 unspecified atom stereocenters. The lowest BCUT2D eigenvalue weighted by Crippen LogP contribution is -2.33. The summed E-state index contributed by atoms with van der Waals surface area (Å²) in [6.07, 6.45) is 1.95. The van der Waals surface area contributed by atoms with Crippen LogP contribution in [0.25, 0.3) is 0 Å². The Kier molecular flexibility index (Phi) is 6.55. The third kappa shape index (κ3) is 5.37. The lowest BCUT2D eigenvalue weighted by molar-refractivity contribution is -0.114. The van der Waals surface area contributed by atoms with E-state index in [0.717, 1.165) is 25.0 Å². The van der Waals surface area contributed by atoms with Gasteiger partial charge in [0.05, 0.1) is 11.2 Å². The highest BCUT2D eigenvalue weighted by Crippen LogP contribution is 2.37. The summed E-state index contributed by atoms with van der Waals surface area (Å²) in [5.41, 5.74) is 0.624. The van der Waals surface area contributed by atoms with Crippen LogP contribution in [0, 0.1) is 0 Å². The SMILES string of the molecule is CC(C)NC(=O)O[C@@H]1CC[C@H](c2cc(NC(=O)CCl)n(C(C)(C)C)n2)C1. The molecule has 146 valence electrons. The molecule has 0 aliphatic heterocycles. The molecule has 0 bridgehead atoms. The van der Waals surface area contributed by atoms with Gasteiger partial charge < -0.3 is 15.4 Å². The summed E-state index contributed by atoms with van der Waals surface area (Å²) in [5, 5.41) is 10.3. The molecule has 2 N–H and O–H groups in total. The molecular weight excluding hydrogens is 356 g/mol. The van der Waals surface area contributed by atoms with E-state index < -0.39 is 0 Å². The lowest BCUT2D eigenvalue weighted by Gasteiger charge is -2.22. The number of anilines is 1. The second kappa shape index (κ2) is 8.29. The quantitative estimate of drug-likeness (QED) is 0.759. The monoisotopic (exact) mass is 384 g/mol. The highest BCUT2D eigenvalue weighted by atomic mass is 35.5. The molecule has 0 saturated heterocycles. The van der Waals surface area contributed by atoms with Crippen LogP contribution in [0.1, 0.15) is 65.5 Å². The van der Waals surface area contributed by atoms with Crippen LogP contribution in [0.4, 0.5) is 10.6 Å². The molecule has 26 heavy (non-hydrogen) atoms. The Balaban J connectivity index is 2.09. The van der Waals surface area contributed by atoms with Gasteiger partial charge in [-0.25, -0.2) is 9.48 Å². The van der Waals surface area contributed by atoms with Crippen molar-refractivity contribution >= 4 is 29.4 Å². The smallest absolute Gasteiger partial charge is 0.407 e. The van der Waals surface area contributed by atoms with E-state index in [4.69, 9.17) is 21.4 Å². The van der Waals surface area contributed by atoms with E-state index in [1.807, 2.05) is 45.4 Å². The maximum Gasteiger partial charge on any atom is 0.407 e. The molecule has 8 heteroatoms. The summed E-state index contributed by atoms with van der Waals surface area (Å²) in [5.74, 6) is 0.471. The third-order valence-corrected chi connectivity index (χ3v) is 4.48. The van der Waals surface area contributed by atoms with E-state index in [9.17, 15) is 9.59 Å². The summed E-state index contributed by atoms with van der Waals surface area (Å²) < 4.78 is 7.30. The van der Waals surface area contributed by atoms with Gasteiger partial charge >= 0.3 is 6.09 Å². The second-order valence-corrected chi connectivity index (χ2v) is 8.32. The van der Waals surface area contributed by atoms with Crippen LogP contribution in [0.5, 0.6) is 0 Å². The maximum atomic E-state index is 11.8. The van der Waals surface area contributed by atoms with Gasteiger partial charge in [-0.1, -0.05) is 0 Å². The number of nitrogens with one attached hydrogen (secondary N) is 2. The van der Waals surface area contributed by atoms with Gasteiger partial charge in [-0.2, -0.15) is 5.10 Å². The predicted molar refractivity (Wildman–Crippen MR) is 102 cm³/mol. The summed E-state index contributed by atoms with van der Waals surface area (Å²) in [6, 6.07) is 1.95. The van der Waals surface area contributed by atoms with Crippen molar-refractivity contribution in [1.29, 1.82) is 0 Å². The zero-order chi connectivity index (χ0) is 19.5. The fourth-order valence-electron chi connectivity index (χ4n) is 3.11. The predicted octanol–water partition coefficient (Wildman–Crippen LogP) is 3.59. The molecule has 2 atom stereocenters. The maximum absolute atomic E-state index is 11.8. The zero-order valence-electron chi connectivity index (χ0n) is 16.1. The summed E-state index contributed by atoms with van der Waals surface area (Å²) in [6.45, 7) is 9.87. The number of alkyl carbamates (subject to hydrolysis) is 1. The molecule has 1 aliphatic carbocycles. The van der Waals surface area contributed by atoms with E-state index >= 15 is 0 Å². The van der Waals surface area contributed by atoms with E-state index in [1.54, 1.807) is 0 Å². The van der Waals surface area contributed by atoms with Crippen LogP contribution in [-0.2, 0) is 15.1 Å². The number of nitrogens with zero attached hydrogens (tertiary/aromatic N) is 2. The molecule has 1 aromatic rings. The van der Waals surface area contributed by atoms with E-state index in [2.05, 4.69) is 10.6 Å². The first-order chi connectivity index (χ1) is 12.1. The third-order valence-electron chi connectivity index (χ3n) is 4.24. The van der Waals surface area contributed by atoms with Crippen molar-refractivity contribution < 1.29 is 14.3 Å². The fourth-order valence-corrected chi connectivity index (χ4v) is 3.18. The minimum Gasteiger partial charge on any atom is -0.446 e. The molecule has 0 aromatic carbocycles. The zero-order valence-corrected chi connectivity index (χ0v) is 16.9. The molecule has 1 saturated carbocycles. The van der Waals surface area contributed by atoms with Gasteiger partial charge in [0.15, 0.2) is 0 Å². The van der Waals surface area contributed by atoms with Gasteiger partial charge in [-0.15, -0.1) is 11.6 Å². The van der Waals surface area contributed by atoms with Gasteiger partial charge in [-0.05, 0) is 53.9 Å². The van der Waals surface area contributed by atoms with Gasteiger partial charge in [0.25, 0.3) is 0 Å². The molecule has 7 nitrogen and oxygen atoms in total. The first-order valence-corrected chi connectivity index (χ1v) is 9.57. The van der Waals surface area contributed by atoms with Crippen molar-refractivity contribution in [2.75, 3.05) is 11.2 Å². The van der Waals surface area contributed by atoms with Gasteiger partial charge in [0.1, 0.15) is 17.8 Å². The fraction of sp³-hybridized carbons (Fsp3) is 0.722. The average molecular weight is 385 g/mol. The van der Waals surface area contributed by atoms with E-state index in [0.29, 0.717) is 5.82 Å². The number of alkyl halides is 1. The van der Waals surface area contributed by atoms with E-state index in [-0.39, 0.29) is 41.5 Å². The van der Waals surface area contributed by atoms with Crippen LogP contribution in [0.3, 0.4) is 0 Å². The van der Waals surface area contributed by atoms with Crippen LogP contribution in [-0.4, -0.2) is 39.8 Å². The first kappa shape index (κ1) is 20.6. The normalized spacial score (nSPS) is 20.3. The van der Waals surface area contributed by atoms with Crippen LogP contribution >= 0.6 is 11.6 Å². The summed E-state index contributed by atoms with van der Waals surface area (Å²) in [4.78, 5) is 23.5. The van der Waals surface area contributed by atoms with Crippen LogP contribution in [0.15, 0.2) is 6.07 Å². The van der Waals surface area contributed by atoms with Crippen molar-refractivity contribution in [3.8, 4) is 0 Å². The number of rotatable bonds is 5. The lowest BCUT2D eigenvalue weighted by atomic mass is 10.0. The van der Waals surface area contributed by atoms with Gasteiger partial charge in [0, 0.05) is 18.0 Å². The number of ether oxygens (including phenoxy) is 1. The van der Waals surface area contributed by atoms with Crippen molar-refractivity contribution in [3.05, 3.63) is 11.8 Å². The number of hydrogen-bond donors (Lipinski definition) is 2. The topological polar surface area (TPSA) is 85.3 Å². The molecule has 2 rings (SSSR count). The minimum absolute atomic E-state index is 0.0512. The van der Waals surface area contributed by atoms with E-state index in [1.165, 1.54) is 0 Å². The van der Waals surface area contributed by atoms with Crippen molar-refractivity contribution in [2.24, 2.45) is 0 Å². The van der Waals surface area contributed by atoms with Crippen LogP contribution < -0.4 is 10.6 Å². The Bertz CT molecular complexity index is 651. The largest absolute Gasteiger partial charge is 0.446 e. The van der Waals surface area contributed by atoms with Gasteiger partial charge in [0.2, 0.25) is 5.91 Å². The molecule has 1 fully saturated rings. The number of aromatic nitrogens is 2. The molecular formula is C18H29ClN4O3. The summed E-state index contributed by atoms with van der Waals surface area (Å²) >= 11 is 5.61. The number of halogens is 1. The molecule has 0 spiro atoms. The van der Waals surface area contributed by atoms with Gasteiger partial charge in [-0.3, -0.25) is 4.79 Å². The highest BCUT2D eigenvalue weighted by molar-refractivity contribution is 6.29. The highest BCUT2D eigenvalue weighted by Gasteiger charge is 2.32. The van der Waals surface area contributed by atoms with Crippen molar-refractivity contribution in [2.45, 2.75) is 77.5 Å². The molecule has 2 amide bonds. The molecule has 1 heterocycles. The second-order valence-electron chi connectivity index (χ2n) is 8.06. The Morgan fingerprint density at radius 1 is 1.38 bits per heavy atom. The molecule has 1 aliphatic rings. The number of carbonyl (C=O) groups excluding carboxylic acids is 2. The number of carbonyl (C=O) groups is 2. The first-order valence-electron chi connectivity index (χ1n) is 9.03. The Hall–Kier alpha value is -1.76. The Morgan fingerprint density at radius 2 is 2.08 bits per heavy atom. The Labute approximate surface area is 159 Å². The van der Waals surface area contributed by atoms with Crippen LogP contribution in [0.2, 0.25) is 0 Å². The summed E-state index contributed by atoms with van der Waals surface area (Å²) in [7, 11) is 0. The number of hydrogen-bond acceptors (Lipinski definition) is 4. The van der Waals surface area contributed by atoms with Crippen molar-refractivity contribution in [3.63, 3.8) is 0 Å². The Morgan fingerprint density at radius 3 is 2.65 bits per heavy atom. The number of amides is 2. The standard InChI is InChI=1S/C18H29ClN4O3/c1-11(2)20-17(25)26-13-7-6-12(8-13)14-9-15(21-16(24)10-19)23(22-14)18(3,4)5/h9,11-13H,6-8,10H2,1-5H3,(H,20,25)(H,21,24)/t12-,13+/m0/s1. The molecule has 0 radical (unpaired) electrons. The average Bonchev–Trinajstić information content (AvgIpc) is 3.12. The van der Waals surface area contributed by atoms with Crippen molar-refractivity contribution in [1.82, 2.24) is 15.1 Å². The molecule has 1 aromatic heterocycles. The minimum atomic E-state index is -0.374.